The maximum Gasteiger partial charge on any atom is 0.196 e. The third-order valence-corrected chi connectivity index (χ3v) is 6.37. The van der Waals surface area contributed by atoms with Gasteiger partial charge in [0.2, 0.25) is 0 Å². The summed E-state index contributed by atoms with van der Waals surface area (Å²) in [7, 11) is 0. The predicted molar refractivity (Wildman–Crippen MR) is 119 cm³/mol. The Bertz CT molecular complexity index is 1200. The second kappa shape index (κ2) is 8.33. The van der Waals surface area contributed by atoms with Crippen LogP contribution in [-0.2, 0) is 6.42 Å². The van der Waals surface area contributed by atoms with Crippen LogP contribution in [0, 0.1) is 0 Å². The molecule has 4 aromatic rings. The number of nitrogens with one attached hydrogen (secondary N) is 2. The number of aryl methyl sites for hydroxylation is 1. The van der Waals surface area contributed by atoms with E-state index in [0.29, 0.717) is 10.8 Å². The molecule has 0 bridgehead atoms. The minimum atomic E-state index is 0.625. The van der Waals surface area contributed by atoms with Crippen molar-refractivity contribution < 1.29 is 0 Å². The summed E-state index contributed by atoms with van der Waals surface area (Å²) in [5, 5.41) is 5.72. The summed E-state index contributed by atoms with van der Waals surface area (Å²) in [5.41, 5.74) is 3.13. The summed E-state index contributed by atoms with van der Waals surface area (Å²) in [4.78, 5) is 29.3. The Morgan fingerprint density at radius 3 is 2.93 bits per heavy atom. The number of pyridine rings is 1. The summed E-state index contributed by atoms with van der Waals surface area (Å²) in [5.74, 6) is 0.890. The van der Waals surface area contributed by atoms with Gasteiger partial charge in [0.1, 0.15) is 17.0 Å². The van der Waals surface area contributed by atoms with Gasteiger partial charge in [-0.3, -0.25) is 4.98 Å². The zero-order valence-electron chi connectivity index (χ0n) is 16.5. The van der Waals surface area contributed by atoms with E-state index in [1.54, 1.807) is 18.6 Å². The minimum absolute atomic E-state index is 0.625. The number of halogens is 1. The highest BCUT2D eigenvalue weighted by Crippen LogP contribution is 2.36. The zero-order chi connectivity index (χ0) is 20.5. The van der Waals surface area contributed by atoms with E-state index >= 15 is 0 Å². The highest BCUT2D eigenvalue weighted by atomic mass is 35.5. The fourth-order valence-corrected chi connectivity index (χ4v) is 4.76. The second-order valence-electron chi connectivity index (χ2n) is 7.09. The first kappa shape index (κ1) is 19.5. The van der Waals surface area contributed by atoms with Crippen LogP contribution < -0.4 is 10.2 Å². The fourth-order valence-electron chi connectivity index (χ4n) is 3.65. The van der Waals surface area contributed by atoms with Gasteiger partial charge in [0.15, 0.2) is 10.8 Å². The third-order valence-electron chi connectivity index (χ3n) is 5.12. The van der Waals surface area contributed by atoms with Gasteiger partial charge in [0, 0.05) is 48.8 Å². The van der Waals surface area contributed by atoms with Gasteiger partial charge in [-0.2, -0.15) is 0 Å². The normalized spacial score (nSPS) is 15.1. The van der Waals surface area contributed by atoms with Crippen LogP contribution in [0.2, 0.25) is 5.02 Å². The van der Waals surface area contributed by atoms with Crippen LogP contribution >= 0.6 is 23.4 Å². The minimum Gasteiger partial charge on any atom is -0.355 e. The molecule has 1 aliphatic heterocycles. The molecule has 2 N–H and O–H groups in total. The number of anilines is 1. The molecular weight excluding hydrogens is 420 g/mol. The van der Waals surface area contributed by atoms with Crippen LogP contribution in [0.5, 0.6) is 0 Å². The van der Waals surface area contributed by atoms with Crippen molar-refractivity contribution in [3.05, 3.63) is 35.4 Å². The van der Waals surface area contributed by atoms with Crippen LogP contribution in [-0.4, -0.2) is 56.1 Å². The van der Waals surface area contributed by atoms with E-state index in [1.807, 2.05) is 6.07 Å². The maximum atomic E-state index is 6.71. The predicted octanol–water partition coefficient (Wildman–Crippen LogP) is 3.46. The van der Waals surface area contributed by atoms with E-state index in [2.05, 4.69) is 37.1 Å². The molecule has 0 unspecified atom stereocenters. The van der Waals surface area contributed by atoms with Crippen LogP contribution in [0.4, 0.5) is 5.82 Å². The number of rotatable bonds is 4. The first-order valence-corrected chi connectivity index (χ1v) is 11.2. The Morgan fingerprint density at radius 2 is 2.03 bits per heavy atom. The topological polar surface area (TPSA) is 95.5 Å². The standard InChI is InChI=1S/C20H21ClN8S/c1-2-13-16(21)15-18(26-13)27-20(28-19(15)29-8-3-4-22-7-9-29)30-12-10-14-17(25-11-12)24-6-5-23-14/h5-6,10-11,22H,2-4,7-9H2,1H3,(H,26,27,28). The lowest BCUT2D eigenvalue weighted by Gasteiger charge is -2.22. The molecule has 154 valence electrons. The van der Waals surface area contributed by atoms with Crippen molar-refractivity contribution in [2.45, 2.75) is 29.8 Å². The van der Waals surface area contributed by atoms with E-state index in [0.717, 1.165) is 77.0 Å². The van der Waals surface area contributed by atoms with Gasteiger partial charge in [-0.1, -0.05) is 18.5 Å². The van der Waals surface area contributed by atoms with Crippen molar-refractivity contribution in [3.63, 3.8) is 0 Å². The molecule has 1 fully saturated rings. The van der Waals surface area contributed by atoms with E-state index in [9.17, 15) is 0 Å². The lowest BCUT2D eigenvalue weighted by molar-refractivity contribution is 0.724. The number of aromatic nitrogens is 6. The average Bonchev–Trinajstić information content (AvgIpc) is 2.94. The van der Waals surface area contributed by atoms with E-state index in [4.69, 9.17) is 21.6 Å². The molecule has 0 radical (unpaired) electrons. The first-order valence-electron chi connectivity index (χ1n) is 10.0. The Morgan fingerprint density at radius 1 is 1.13 bits per heavy atom. The summed E-state index contributed by atoms with van der Waals surface area (Å²) in [6.07, 6.45) is 6.96. The SMILES string of the molecule is CCc1[nH]c2nc(Sc3cnc4nccnc4c3)nc(N3CCCNCC3)c2c1Cl. The average molecular weight is 441 g/mol. The lowest BCUT2D eigenvalue weighted by atomic mass is 10.2. The van der Waals surface area contributed by atoms with Crippen LogP contribution in [0.1, 0.15) is 19.0 Å². The van der Waals surface area contributed by atoms with Crippen molar-refractivity contribution in [2.75, 3.05) is 31.1 Å². The molecule has 0 saturated carbocycles. The number of fused-ring (bicyclic) bond motifs is 2. The molecular formula is C20H21ClN8S. The zero-order valence-corrected chi connectivity index (χ0v) is 18.1. The van der Waals surface area contributed by atoms with Crippen molar-refractivity contribution >= 4 is 51.4 Å². The monoisotopic (exact) mass is 440 g/mol. The molecule has 1 saturated heterocycles. The molecule has 1 aliphatic rings. The summed E-state index contributed by atoms with van der Waals surface area (Å²) >= 11 is 8.18. The second-order valence-corrected chi connectivity index (χ2v) is 8.51. The van der Waals surface area contributed by atoms with Crippen molar-refractivity contribution in [1.82, 2.24) is 35.2 Å². The van der Waals surface area contributed by atoms with Gasteiger partial charge in [-0.05, 0) is 37.2 Å². The maximum absolute atomic E-state index is 6.71. The molecule has 0 aromatic carbocycles. The molecule has 0 atom stereocenters. The van der Waals surface area contributed by atoms with E-state index in [1.165, 1.54) is 11.8 Å². The largest absolute Gasteiger partial charge is 0.355 e. The highest BCUT2D eigenvalue weighted by Gasteiger charge is 2.22. The number of aromatic amines is 1. The number of nitrogens with zero attached hydrogens (tertiary/aromatic N) is 6. The third kappa shape index (κ3) is 3.68. The van der Waals surface area contributed by atoms with Crippen molar-refractivity contribution in [1.29, 1.82) is 0 Å². The van der Waals surface area contributed by atoms with Gasteiger partial charge < -0.3 is 15.2 Å². The van der Waals surface area contributed by atoms with Gasteiger partial charge >= 0.3 is 0 Å². The molecule has 5 heterocycles. The molecule has 8 nitrogen and oxygen atoms in total. The quantitative estimate of drug-likeness (QED) is 0.466. The van der Waals surface area contributed by atoms with Crippen LogP contribution in [0.15, 0.2) is 34.7 Å². The Kier molecular flexibility index (Phi) is 5.41. The van der Waals surface area contributed by atoms with Crippen LogP contribution in [0.3, 0.4) is 0 Å². The molecule has 5 rings (SSSR count). The summed E-state index contributed by atoms with van der Waals surface area (Å²) in [6.45, 7) is 5.82. The molecule has 30 heavy (non-hydrogen) atoms. The number of H-pyrrole nitrogens is 1. The molecule has 10 heteroatoms. The van der Waals surface area contributed by atoms with Gasteiger partial charge in [-0.15, -0.1) is 0 Å². The van der Waals surface area contributed by atoms with Gasteiger partial charge in [-0.25, -0.2) is 19.9 Å². The Balaban J connectivity index is 1.59. The number of hydrogen-bond acceptors (Lipinski definition) is 8. The van der Waals surface area contributed by atoms with Crippen molar-refractivity contribution in [3.8, 4) is 0 Å². The van der Waals surface area contributed by atoms with Gasteiger partial charge in [0.25, 0.3) is 0 Å². The molecule has 4 aromatic heterocycles. The Labute approximate surface area is 182 Å². The molecule has 0 aliphatic carbocycles. The molecule has 0 spiro atoms. The lowest BCUT2D eigenvalue weighted by Crippen LogP contribution is -2.29. The van der Waals surface area contributed by atoms with Crippen LogP contribution in [0.25, 0.3) is 22.2 Å². The fraction of sp³-hybridized carbons (Fsp3) is 0.350. The number of hydrogen-bond donors (Lipinski definition) is 2. The Hall–Kier alpha value is -2.49. The van der Waals surface area contributed by atoms with E-state index in [-0.39, 0.29) is 0 Å². The van der Waals surface area contributed by atoms with Crippen molar-refractivity contribution in [2.24, 2.45) is 0 Å². The smallest absolute Gasteiger partial charge is 0.196 e. The summed E-state index contributed by atoms with van der Waals surface area (Å²) in [6, 6.07) is 1.96. The van der Waals surface area contributed by atoms with E-state index < -0.39 is 0 Å². The van der Waals surface area contributed by atoms with Gasteiger partial charge in [0.05, 0.1) is 10.4 Å². The first-order chi connectivity index (χ1) is 14.7. The molecule has 0 amide bonds. The highest BCUT2D eigenvalue weighted by molar-refractivity contribution is 7.99. The summed E-state index contributed by atoms with van der Waals surface area (Å²) < 4.78 is 0.